The zero-order valence-electron chi connectivity index (χ0n) is 14.1. The van der Waals surface area contributed by atoms with Gasteiger partial charge in [-0.15, -0.1) is 0 Å². The number of hydrogen-bond acceptors (Lipinski definition) is 3. The number of benzene rings is 1. The highest BCUT2D eigenvalue weighted by molar-refractivity contribution is 7.90. The van der Waals surface area contributed by atoms with Gasteiger partial charge >= 0.3 is 5.16 Å². The standard InChI is InChI=1S/C19H18N4OS/c1-13-7-8-20-18(14(13)2)12-25(24)19-21-16-6-5-15(11-17(16)22-19)23-9-3-4-10-23/h3-11H,12H2,1-2H3,(H,21,22). The van der Waals surface area contributed by atoms with Crippen LogP contribution in [-0.4, -0.2) is 24.1 Å². The van der Waals surface area contributed by atoms with Crippen molar-refractivity contribution in [1.29, 1.82) is 0 Å². The molecule has 0 bridgehead atoms. The Balaban J connectivity index is 1.63. The molecule has 0 amide bonds. The molecule has 0 saturated carbocycles. The van der Waals surface area contributed by atoms with Crippen molar-refractivity contribution in [2.75, 3.05) is 0 Å². The smallest absolute Gasteiger partial charge is 0.322 e. The van der Waals surface area contributed by atoms with E-state index >= 15 is 0 Å². The van der Waals surface area contributed by atoms with Crippen LogP contribution in [0.3, 0.4) is 0 Å². The fourth-order valence-corrected chi connectivity index (χ4v) is 3.87. The summed E-state index contributed by atoms with van der Waals surface area (Å²) in [6, 6.07) is 11.9. The van der Waals surface area contributed by atoms with Crippen molar-refractivity contribution in [3.63, 3.8) is 0 Å². The van der Waals surface area contributed by atoms with Gasteiger partial charge in [-0.3, -0.25) is 9.97 Å². The SMILES string of the molecule is Cc1ccnc(C[S+]([O-])c2nc3cc(-n4cccc4)ccc3[nH]2)c1C. The van der Waals surface area contributed by atoms with Crippen molar-refractivity contribution in [1.82, 2.24) is 19.5 Å². The van der Waals surface area contributed by atoms with Crippen molar-refractivity contribution < 1.29 is 4.55 Å². The Kier molecular flexibility index (Phi) is 4.07. The molecule has 3 aromatic heterocycles. The molecule has 4 rings (SSSR count). The van der Waals surface area contributed by atoms with Crippen LogP contribution in [0.4, 0.5) is 0 Å². The summed E-state index contributed by atoms with van der Waals surface area (Å²) in [5.41, 5.74) is 5.81. The molecule has 126 valence electrons. The predicted molar refractivity (Wildman–Crippen MR) is 99.2 cm³/mol. The highest BCUT2D eigenvalue weighted by Gasteiger charge is 2.19. The number of nitrogens with one attached hydrogen (secondary N) is 1. The molecule has 0 aliphatic carbocycles. The van der Waals surface area contributed by atoms with E-state index in [2.05, 4.69) is 15.0 Å². The van der Waals surface area contributed by atoms with E-state index in [1.54, 1.807) is 6.20 Å². The first-order valence-electron chi connectivity index (χ1n) is 8.04. The maximum absolute atomic E-state index is 12.7. The second-order valence-corrected chi connectivity index (χ2v) is 7.39. The number of aromatic amines is 1. The van der Waals surface area contributed by atoms with Gasteiger partial charge in [0.15, 0.2) is 5.75 Å². The molecule has 0 aliphatic rings. The van der Waals surface area contributed by atoms with E-state index in [0.717, 1.165) is 33.5 Å². The molecule has 1 unspecified atom stereocenters. The monoisotopic (exact) mass is 350 g/mol. The topological polar surface area (TPSA) is 69.6 Å². The Labute approximate surface area is 148 Å². The normalized spacial score (nSPS) is 12.6. The van der Waals surface area contributed by atoms with Gasteiger partial charge in [-0.1, -0.05) is 0 Å². The summed E-state index contributed by atoms with van der Waals surface area (Å²) in [5, 5.41) is 0.488. The number of aromatic nitrogens is 4. The maximum atomic E-state index is 12.7. The molecule has 1 N–H and O–H groups in total. The average Bonchev–Trinajstić information content (AvgIpc) is 3.27. The van der Waals surface area contributed by atoms with E-state index in [-0.39, 0.29) is 0 Å². The van der Waals surface area contributed by atoms with Crippen LogP contribution in [0.15, 0.2) is 60.1 Å². The molecule has 0 spiro atoms. The number of rotatable bonds is 4. The van der Waals surface area contributed by atoms with Crippen molar-refractivity contribution in [2.24, 2.45) is 0 Å². The molecular formula is C19H18N4OS. The first kappa shape index (κ1) is 15.9. The lowest BCUT2D eigenvalue weighted by Gasteiger charge is -2.09. The summed E-state index contributed by atoms with van der Waals surface area (Å²) in [6.07, 6.45) is 5.73. The number of fused-ring (bicyclic) bond motifs is 1. The van der Waals surface area contributed by atoms with Gasteiger partial charge in [-0.05, 0) is 61.4 Å². The predicted octanol–water partition coefficient (Wildman–Crippen LogP) is 3.67. The summed E-state index contributed by atoms with van der Waals surface area (Å²) in [7, 11) is 0. The van der Waals surface area contributed by atoms with E-state index in [1.165, 1.54) is 0 Å². The number of imidazole rings is 1. The minimum absolute atomic E-state index is 0.359. The second-order valence-electron chi connectivity index (χ2n) is 6.02. The van der Waals surface area contributed by atoms with E-state index in [0.29, 0.717) is 10.9 Å². The Morgan fingerprint density at radius 1 is 1.16 bits per heavy atom. The van der Waals surface area contributed by atoms with Gasteiger partial charge in [0.25, 0.3) is 0 Å². The van der Waals surface area contributed by atoms with Crippen LogP contribution in [0, 0.1) is 13.8 Å². The average molecular weight is 350 g/mol. The minimum Gasteiger partial charge on any atom is -0.609 e. The highest BCUT2D eigenvalue weighted by atomic mass is 32.2. The lowest BCUT2D eigenvalue weighted by atomic mass is 10.1. The Hall–Kier alpha value is -2.57. The lowest BCUT2D eigenvalue weighted by Crippen LogP contribution is -2.10. The van der Waals surface area contributed by atoms with Crippen molar-refractivity contribution in [3.8, 4) is 5.69 Å². The van der Waals surface area contributed by atoms with Gasteiger partial charge in [0, 0.05) is 35.5 Å². The van der Waals surface area contributed by atoms with Crippen LogP contribution in [0.2, 0.25) is 0 Å². The van der Waals surface area contributed by atoms with Crippen LogP contribution >= 0.6 is 0 Å². The summed E-state index contributed by atoms with van der Waals surface area (Å²) in [6.45, 7) is 4.05. The van der Waals surface area contributed by atoms with Crippen LogP contribution < -0.4 is 0 Å². The van der Waals surface area contributed by atoms with Gasteiger partial charge in [-0.25, -0.2) is 0 Å². The number of pyridine rings is 1. The van der Waals surface area contributed by atoms with E-state index in [4.69, 9.17) is 0 Å². The number of aryl methyl sites for hydroxylation is 1. The second kappa shape index (κ2) is 6.38. The van der Waals surface area contributed by atoms with Gasteiger partial charge in [0.1, 0.15) is 0 Å². The third-order valence-corrected chi connectivity index (χ3v) is 5.57. The Morgan fingerprint density at radius 3 is 2.76 bits per heavy atom. The van der Waals surface area contributed by atoms with Gasteiger partial charge in [0.05, 0.1) is 16.7 Å². The van der Waals surface area contributed by atoms with Crippen LogP contribution in [-0.2, 0) is 16.9 Å². The van der Waals surface area contributed by atoms with Crippen LogP contribution in [0.1, 0.15) is 16.8 Å². The Bertz CT molecular complexity index is 1020. The quantitative estimate of drug-likeness (QED) is 0.571. The molecule has 25 heavy (non-hydrogen) atoms. The lowest BCUT2D eigenvalue weighted by molar-refractivity contribution is 0.586. The molecule has 4 aromatic rings. The van der Waals surface area contributed by atoms with Gasteiger partial charge in [0.2, 0.25) is 0 Å². The molecule has 1 atom stereocenters. The van der Waals surface area contributed by atoms with Gasteiger partial charge < -0.3 is 9.12 Å². The number of H-pyrrole nitrogens is 1. The zero-order chi connectivity index (χ0) is 17.4. The van der Waals surface area contributed by atoms with E-state index < -0.39 is 11.2 Å². The zero-order valence-corrected chi connectivity index (χ0v) is 14.9. The molecule has 0 fully saturated rings. The third-order valence-electron chi connectivity index (χ3n) is 4.41. The number of nitrogens with zero attached hydrogens (tertiary/aromatic N) is 3. The molecule has 0 saturated heterocycles. The summed E-state index contributed by atoms with van der Waals surface area (Å²) >= 11 is -1.26. The van der Waals surface area contributed by atoms with Crippen molar-refractivity contribution in [3.05, 3.63) is 71.8 Å². The molecule has 5 nitrogen and oxygen atoms in total. The third kappa shape index (κ3) is 3.06. The summed E-state index contributed by atoms with van der Waals surface area (Å²) in [4.78, 5) is 12.1. The van der Waals surface area contributed by atoms with Crippen LogP contribution in [0.5, 0.6) is 0 Å². The molecule has 3 heterocycles. The summed E-state index contributed by atoms with van der Waals surface area (Å²) in [5.74, 6) is 0.359. The first-order valence-corrected chi connectivity index (χ1v) is 9.36. The fourth-order valence-electron chi connectivity index (χ4n) is 2.77. The van der Waals surface area contributed by atoms with Crippen molar-refractivity contribution >= 4 is 22.2 Å². The van der Waals surface area contributed by atoms with Crippen LogP contribution in [0.25, 0.3) is 16.7 Å². The molecular weight excluding hydrogens is 332 g/mol. The van der Waals surface area contributed by atoms with E-state index in [9.17, 15) is 4.55 Å². The maximum Gasteiger partial charge on any atom is 0.322 e. The Morgan fingerprint density at radius 2 is 1.96 bits per heavy atom. The largest absolute Gasteiger partial charge is 0.609 e. The highest BCUT2D eigenvalue weighted by Crippen LogP contribution is 2.22. The molecule has 0 aliphatic heterocycles. The molecule has 1 aromatic carbocycles. The minimum atomic E-state index is -1.26. The molecule has 0 radical (unpaired) electrons. The van der Waals surface area contributed by atoms with E-state index in [1.807, 2.05) is 67.2 Å². The molecule has 6 heteroatoms. The van der Waals surface area contributed by atoms with Crippen molar-refractivity contribution in [2.45, 2.75) is 24.8 Å². The first-order chi connectivity index (χ1) is 12.1. The fraction of sp³-hybridized carbons (Fsp3) is 0.158. The van der Waals surface area contributed by atoms with Gasteiger partial charge in [-0.2, -0.15) is 4.98 Å². The number of hydrogen-bond donors (Lipinski definition) is 1. The summed E-state index contributed by atoms with van der Waals surface area (Å²) < 4.78 is 14.8.